The fourth-order valence-electron chi connectivity index (χ4n) is 1.38. The van der Waals surface area contributed by atoms with Gasteiger partial charge in [-0.05, 0) is 18.7 Å². The monoisotopic (exact) mass is 280 g/mol. The Bertz CT molecular complexity index is 497. The molecular weight excluding hydrogens is 264 g/mol. The van der Waals surface area contributed by atoms with Crippen molar-refractivity contribution in [3.8, 4) is 0 Å². The highest BCUT2D eigenvalue weighted by Crippen LogP contribution is 2.29. The van der Waals surface area contributed by atoms with Gasteiger partial charge in [-0.1, -0.05) is 13.8 Å². The van der Waals surface area contributed by atoms with Crippen LogP contribution >= 0.6 is 23.1 Å². The summed E-state index contributed by atoms with van der Waals surface area (Å²) in [6.45, 7) is 7.12. The van der Waals surface area contributed by atoms with Gasteiger partial charge >= 0.3 is 0 Å². The predicted molar refractivity (Wildman–Crippen MR) is 76.5 cm³/mol. The molecule has 96 valence electrons. The molecule has 0 aromatic carbocycles. The molecule has 0 spiro atoms. The van der Waals surface area contributed by atoms with Crippen molar-refractivity contribution >= 4 is 28.9 Å². The summed E-state index contributed by atoms with van der Waals surface area (Å²) in [7, 11) is 0. The minimum Gasteiger partial charge on any atom is -0.370 e. The summed E-state index contributed by atoms with van der Waals surface area (Å²) >= 11 is 3.20. The lowest BCUT2D eigenvalue weighted by molar-refractivity contribution is 0.754. The lowest BCUT2D eigenvalue weighted by Gasteiger charge is -2.09. The normalized spacial score (nSPS) is 10.9. The van der Waals surface area contributed by atoms with E-state index in [4.69, 9.17) is 0 Å². The Labute approximate surface area is 115 Å². The highest BCUT2D eigenvalue weighted by atomic mass is 32.2. The molecule has 0 fully saturated rings. The van der Waals surface area contributed by atoms with Crippen LogP contribution in [-0.4, -0.2) is 21.5 Å². The van der Waals surface area contributed by atoms with Crippen LogP contribution in [-0.2, 0) is 0 Å². The van der Waals surface area contributed by atoms with E-state index in [1.54, 1.807) is 23.1 Å². The second-order valence-corrected chi connectivity index (χ2v) is 6.20. The van der Waals surface area contributed by atoms with Gasteiger partial charge in [0.2, 0.25) is 0 Å². The molecule has 0 amide bonds. The average Bonchev–Trinajstić information content (AvgIpc) is 2.82. The quantitative estimate of drug-likeness (QED) is 0.847. The maximum Gasteiger partial charge on any atom is 0.156 e. The summed E-state index contributed by atoms with van der Waals surface area (Å²) in [6, 6.07) is 1.97. The lowest BCUT2D eigenvalue weighted by Crippen LogP contribution is -2.05. The van der Waals surface area contributed by atoms with Crippen LogP contribution in [0.15, 0.2) is 27.0 Å². The zero-order valence-corrected chi connectivity index (χ0v) is 12.3. The molecule has 4 nitrogen and oxygen atoms in total. The van der Waals surface area contributed by atoms with E-state index in [0.717, 1.165) is 27.6 Å². The third-order valence-corrected chi connectivity index (χ3v) is 4.00. The highest BCUT2D eigenvalue weighted by molar-refractivity contribution is 8.01. The number of aromatic nitrogens is 3. The highest BCUT2D eigenvalue weighted by Gasteiger charge is 2.09. The van der Waals surface area contributed by atoms with Crippen LogP contribution in [0, 0.1) is 0 Å². The van der Waals surface area contributed by atoms with Crippen LogP contribution in [0.5, 0.6) is 0 Å². The molecule has 2 heterocycles. The minimum atomic E-state index is 0.319. The van der Waals surface area contributed by atoms with Crippen LogP contribution in [0.3, 0.4) is 0 Å². The van der Waals surface area contributed by atoms with Crippen molar-refractivity contribution in [2.45, 2.75) is 36.1 Å². The molecule has 0 radical (unpaired) electrons. The van der Waals surface area contributed by atoms with Crippen molar-refractivity contribution in [2.24, 2.45) is 0 Å². The number of nitrogens with one attached hydrogen (secondary N) is 1. The molecule has 2 aromatic heterocycles. The Morgan fingerprint density at radius 2 is 2.22 bits per heavy atom. The zero-order chi connectivity index (χ0) is 13.0. The van der Waals surface area contributed by atoms with Gasteiger partial charge in [0.25, 0.3) is 0 Å². The first-order valence-corrected chi connectivity index (χ1v) is 7.59. The predicted octanol–water partition coefficient (Wildman–Crippen LogP) is 3.64. The third-order valence-electron chi connectivity index (χ3n) is 2.20. The molecule has 1 N–H and O–H groups in total. The third kappa shape index (κ3) is 3.43. The topological polar surface area (TPSA) is 50.7 Å². The molecule has 0 atom stereocenters. The average molecular weight is 280 g/mol. The van der Waals surface area contributed by atoms with Gasteiger partial charge in [-0.15, -0.1) is 11.3 Å². The van der Waals surface area contributed by atoms with Crippen LogP contribution in [0.25, 0.3) is 0 Å². The van der Waals surface area contributed by atoms with Crippen molar-refractivity contribution < 1.29 is 0 Å². The minimum absolute atomic E-state index is 0.319. The number of nitrogens with zero attached hydrogens (tertiary/aromatic N) is 3. The smallest absolute Gasteiger partial charge is 0.156 e. The molecule has 0 bridgehead atoms. The van der Waals surface area contributed by atoms with Crippen molar-refractivity contribution in [3.05, 3.63) is 23.5 Å². The molecule has 0 saturated heterocycles. The van der Waals surface area contributed by atoms with Crippen molar-refractivity contribution in [3.63, 3.8) is 0 Å². The first-order valence-electron chi connectivity index (χ1n) is 5.89. The first-order chi connectivity index (χ1) is 8.69. The largest absolute Gasteiger partial charge is 0.370 e. The van der Waals surface area contributed by atoms with E-state index in [2.05, 4.69) is 41.0 Å². The van der Waals surface area contributed by atoms with E-state index in [0.29, 0.717) is 5.92 Å². The van der Waals surface area contributed by atoms with Gasteiger partial charge in [-0.2, -0.15) is 0 Å². The molecule has 0 aliphatic heterocycles. The van der Waals surface area contributed by atoms with Gasteiger partial charge < -0.3 is 5.32 Å². The van der Waals surface area contributed by atoms with Crippen molar-refractivity contribution in [2.75, 3.05) is 11.9 Å². The maximum atomic E-state index is 4.57. The number of rotatable bonds is 5. The van der Waals surface area contributed by atoms with E-state index in [9.17, 15) is 0 Å². The van der Waals surface area contributed by atoms with Crippen molar-refractivity contribution in [1.82, 2.24) is 15.0 Å². The van der Waals surface area contributed by atoms with Gasteiger partial charge in [-0.3, -0.25) is 0 Å². The summed E-state index contributed by atoms with van der Waals surface area (Å²) in [5, 5.41) is 6.16. The molecule has 6 heteroatoms. The van der Waals surface area contributed by atoms with Gasteiger partial charge in [0, 0.05) is 30.1 Å². The Morgan fingerprint density at radius 3 is 2.83 bits per heavy atom. The van der Waals surface area contributed by atoms with E-state index in [1.807, 2.05) is 17.6 Å². The Kier molecular flexibility index (Phi) is 4.54. The summed E-state index contributed by atoms with van der Waals surface area (Å²) < 4.78 is 1.01. The number of hydrogen-bond acceptors (Lipinski definition) is 6. The van der Waals surface area contributed by atoms with Gasteiger partial charge in [0.15, 0.2) is 4.34 Å². The summed E-state index contributed by atoms with van der Waals surface area (Å²) in [6.07, 6.45) is 1.81. The SMILES string of the molecule is CCNc1cc(Sc2nccs2)nc(C(C)C)n1. The zero-order valence-electron chi connectivity index (χ0n) is 10.7. The summed E-state index contributed by atoms with van der Waals surface area (Å²) in [4.78, 5) is 13.3. The summed E-state index contributed by atoms with van der Waals surface area (Å²) in [5.41, 5.74) is 0. The Balaban J connectivity index is 2.27. The fourth-order valence-corrected chi connectivity index (χ4v) is 2.95. The lowest BCUT2D eigenvalue weighted by atomic mass is 10.2. The first kappa shape index (κ1) is 13.3. The number of anilines is 1. The van der Waals surface area contributed by atoms with E-state index < -0.39 is 0 Å². The van der Waals surface area contributed by atoms with Crippen LogP contribution in [0.4, 0.5) is 5.82 Å². The van der Waals surface area contributed by atoms with Crippen LogP contribution in [0.2, 0.25) is 0 Å². The molecule has 0 unspecified atom stereocenters. The fraction of sp³-hybridized carbons (Fsp3) is 0.417. The Morgan fingerprint density at radius 1 is 1.39 bits per heavy atom. The summed E-state index contributed by atoms with van der Waals surface area (Å²) in [5.74, 6) is 2.07. The molecule has 0 aliphatic carbocycles. The van der Waals surface area contributed by atoms with E-state index in [-0.39, 0.29) is 0 Å². The van der Waals surface area contributed by atoms with Gasteiger partial charge in [0.1, 0.15) is 16.7 Å². The molecule has 0 aliphatic rings. The maximum absolute atomic E-state index is 4.57. The van der Waals surface area contributed by atoms with E-state index >= 15 is 0 Å². The van der Waals surface area contributed by atoms with Crippen LogP contribution in [0.1, 0.15) is 32.5 Å². The van der Waals surface area contributed by atoms with Gasteiger partial charge in [0.05, 0.1) is 0 Å². The molecule has 2 rings (SSSR count). The second kappa shape index (κ2) is 6.15. The van der Waals surface area contributed by atoms with E-state index in [1.165, 1.54) is 0 Å². The van der Waals surface area contributed by atoms with Crippen LogP contribution < -0.4 is 5.32 Å². The standard InChI is InChI=1S/C12H16N4S2/c1-4-13-9-7-10(16-11(15-9)8(2)3)18-12-14-5-6-17-12/h5-8H,4H2,1-3H3,(H,13,15,16). The number of thiazole rings is 1. The molecule has 2 aromatic rings. The van der Waals surface area contributed by atoms with Crippen molar-refractivity contribution in [1.29, 1.82) is 0 Å². The molecular formula is C12H16N4S2. The molecule has 0 saturated carbocycles. The Hall–Kier alpha value is -1.14. The van der Waals surface area contributed by atoms with Gasteiger partial charge in [-0.25, -0.2) is 15.0 Å². The molecule has 18 heavy (non-hydrogen) atoms. The number of hydrogen-bond donors (Lipinski definition) is 1. The second-order valence-electron chi connectivity index (χ2n) is 4.03.